The lowest BCUT2D eigenvalue weighted by Crippen LogP contribution is -1.93. The number of halogens is 1. The van der Waals surface area contributed by atoms with Crippen LogP contribution in [0, 0.1) is 0 Å². The van der Waals surface area contributed by atoms with Crippen LogP contribution in [0.15, 0.2) is 46.9 Å². The fourth-order valence-electron chi connectivity index (χ4n) is 1.75. The zero-order valence-corrected chi connectivity index (χ0v) is 12.1. The van der Waals surface area contributed by atoms with Crippen molar-refractivity contribution in [2.75, 3.05) is 0 Å². The predicted octanol–water partition coefficient (Wildman–Crippen LogP) is 3.79. The van der Waals surface area contributed by atoms with Crippen LogP contribution in [0.5, 0.6) is 11.5 Å². The molecular formula is C15H15BrO3. The van der Waals surface area contributed by atoms with Crippen molar-refractivity contribution in [3.05, 3.63) is 58.1 Å². The third kappa shape index (κ3) is 3.56. The van der Waals surface area contributed by atoms with Crippen molar-refractivity contribution in [1.82, 2.24) is 0 Å². The fraction of sp³-hybridized carbons (Fsp3) is 0.200. The van der Waals surface area contributed by atoms with Crippen LogP contribution in [0.2, 0.25) is 0 Å². The summed E-state index contributed by atoms with van der Waals surface area (Å²) in [5, 5.41) is 18.6. The molecule has 2 N–H and O–H groups in total. The summed E-state index contributed by atoms with van der Waals surface area (Å²) >= 11 is 3.41. The summed E-state index contributed by atoms with van der Waals surface area (Å²) in [6, 6.07) is 12.7. The highest BCUT2D eigenvalue weighted by Gasteiger charge is 2.07. The first-order valence-electron chi connectivity index (χ1n) is 5.95. The van der Waals surface area contributed by atoms with Crippen molar-refractivity contribution in [2.24, 2.45) is 0 Å². The van der Waals surface area contributed by atoms with Crippen molar-refractivity contribution in [1.29, 1.82) is 0 Å². The molecule has 0 saturated carbocycles. The molecule has 2 aromatic carbocycles. The quantitative estimate of drug-likeness (QED) is 0.900. The van der Waals surface area contributed by atoms with E-state index in [1.165, 1.54) is 0 Å². The summed E-state index contributed by atoms with van der Waals surface area (Å²) in [6.45, 7) is 1.70. The van der Waals surface area contributed by atoms with Gasteiger partial charge in [0.2, 0.25) is 0 Å². The maximum Gasteiger partial charge on any atom is 0.128 e. The molecule has 3 nitrogen and oxygen atoms in total. The highest BCUT2D eigenvalue weighted by molar-refractivity contribution is 9.10. The van der Waals surface area contributed by atoms with E-state index in [2.05, 4.69) is 15.9 Å². The zero-order valence-electron chi connectivity index (χ0n) is 10.5. The average Bonchev–Trinajstić information content (AvgIpc) is 2.38. The zero-order chi connectivity index (χ0) is 13.8. The maximum atomic E-state index is 9.55. The minimum absolute atomic E-state index is 0.0120. The molecule has 0 amide bonds. The first kappa shape index (κ1) is 14.1. The van der Waals surface area contributed by atoms with Gasteiger partial charge in [-0.1, -0.05) is 34.1 Å². The van der Waals surface area contributed by atoms with Gasteiger partial charge in [-0.15, -0.1) is 0 Å². The van der Waals surface area contributed by atoms with E-state index in [1.54, 1.807) is 19.1 Å². The highest BCUT2D eigenvalue weighted by Crippen LogP contribution is 2.30. The monoisotopic (exact) mass is 322 g/mol. The van der Waals surface area contributed by atoms with Crippen LogP contribution in [0.4, 0.5) is 0 Å². The van der Waals surface area contributed by atoms with E-state index in [1.807, 2.05) is 30.3 Å². The Morgan fingerprint density at radius 3 is 2.53 bits per heavy atom. The molecular weight excluding hydrogens is 308 g/mol. The Labute approximate surface area is 120 Å². The minimum Gasteiger partial charge on any atom is -0.457 e. The van der Waals surface area contributed by atoms with Crippen LogP contribution in [-0.2, 0) is 6.61 Å². The summed E-state index contributed by atoms with van der Waals surface area (Å²) in [4.78, 5) is 0. The first-order chi connectivity index (χ1) is 9.10. The molecule has 4 heteroatoms. The number of aliphatic hydroxyl groups is 2. The van der Waals surface area contributed by atoms with Gasteiger partial charge in [0.15, 0.2) is 0 Å². The van der Waals surface area contributed by atoms with Crippen LogP contribution < -0.4 is 4.74 Å². The van der Waals surface area contributed by atoms with E-state index >= 15 is 0 Å². The minimum atomic E-state index is -0.527. The van der Waals surface area contributed by atoms with E-state index < -0.39 is 6.10 Å². The summed E-state index contributed by atoms with van der Waals surface area (Å²) in [7, 11) is 0. The molecule has 2 aromatic rings. The Bertz CT molecular complexity index is 567. The topological polar surface area (TPSA) is 49.7 Å². The Balaban J connectivity index is 2.21. The summed E-state index contributed by atoms with van der Waals surface area (Å²) < 4.78 is 6.52. The number of rotatable bonds is 4. The lowest BCUT2D eigenvalue weighted by molar-refractivity contribution is 0.198. The summed E-state index contributed by atoms with van der Waals surface area (Å²) in [6.07, 6.45) is -0.527. The first-order valence-corrected chi connectivity index (χ1v) is 6.74. The Morgan fingerprint density at radius 2 is 1.89 bits per heavy atom. The average molecular weight is 323 g/mol. The number of ether oxygens (including phenoxy) is 1. The van der Waals surface area contributed by atoms with E-state index in [0.29, 0.717) is 11.5 Å². The van der Waals surface area contributed by atoms with Crippen LogP contribution in [-0.4, -0.2) is 10.2 Å². The number of benzene rings is 2. The van der Waals surface area contributed by atoms with Gasteiger partial charge in [0.05, 0.1) is 12.7 Å². The van der Waals surface area contributed by atoms with Gasteiger partial charge in [0.25, 0.3) is 0 Å². The molecule has 100 valence electrons. The second kappa shape index (κ2) is 6.19. The van der Waals surface area contributed by atoms with Gasteiger partial charge in [-0.3, -0.25) is 0 Å². The molecule has 0 fully saturated rings. The molecule has 0 aliphatic rings. The molecule has 0 radical (unpaired) electrons. The van der Waals surface area contributed by atoms with Crippen molar-refractivity contribution in [3.63, 3.8) is 0 Å². The van der Waals surface area contributed by atoms with Gasteiger partial charge in [0, 0.05) is 4.47 Å². The van der Waals surface area contributed by atoms with E-state index in [4.69, 9.17) is 9.84 Å². The molecule has 0 spiro atoms. The molecule has 0 aliphatic carbocycles. The van der Waals surface area contributed by atoms with E-state index in [0.717, 1.165) is 15.6 Å². The molecule has 0 unspecified atom stereocenters. The highest BCUT2D eigenvalue weighted by atomic mass is 79.9. The molecule has 1 atom stereocenters. The second-order valence-electron chi connectivity index (χ2n) is 4.27. The standard InChI is InChI=1S/C15H15BrO3/c1-10(18)14-6-5-13(8-15(14)16)19-12-4-2-3-11(7-12)9-17/h2-8,10,17-18H,9H2,1H3/t10-/m0/s1. The number of hydrogen-bond donors (Lipinski definition) is 2. The molecule has 0 bridgehead atoms. The normalized spacial score (nSPS) is 12.2. The van der Waals surface area contributed by atoms with Gasteiger partial charge < -0.3 is 14.9 Å². The van der Waals surface area contributed by atoms with Crippen molar-refractivity contribution in [3.8, 4) is 11.5 Å². The van der Waals surface area contributed by atoms with Gasteiger partial charge in [-0.25, -0.2) is 0 Å². The Kier molecular flexibility index (Phi) is 4.58. The lowest BCUT2D eigenvalue weighted by atomic mass is 10.1. The van der Waals surface area contributed by atoms with Crippen molar-refractivity contribution >= 4 is 15.9 Å². The van der Waals surface area contributed by atoms with E-state index in [9.17, 15) is 5.11 Å². The Hall–Kier alpha value is -1.36. The van der Waals surface area contributed by atoms with Gasteiger partial charge in [-0.2, -0.15) is 0 Å². The van der Waals surface area contributed by atoms with Crippen molar-refractivity contribution < 1.29 is 14.9 Å². The molecule has 0 aliphatic heterocycles. The van der Waals surface area contributed by atoms with Gasteiger partial charge in [0.1, 0.15) is 11.5 Å². The third-order valence-corrected chi connectivity index (χ3v) is 3.43. The fourth-order valence-corrected chi connectivity index (χ4v) is 2.44. The van der Waals surface area contributed by atoms with E-state index in [-0.39, 0.29) is 6.61 Å². The number of aliphatic hydroxyl groups excluding tert-OH is 2. The molecule has 0 saturated heterocycles. The van der Waals surface area contributed by atoms with Gasteiger partial charge >= 0.3 is 0 Å². The summed E-state index contributed by atoms with van der Waals surface area (Å²) in [5.41, 5.74) is 1.62. The SMILES string of the molecule is C[C@H](O)c1ccc(Oc2cccc(CO)c2)cc1Br. The second-order valence-corrected chi connectivity index (χ2v) is 5.12. The van der Waals surface area contributed by atoms with Crippen molar-refractivity contribution in [2.45, 2.75) is 19.6 Å². The molecule has 0 heterocycles. The maximum absolute atomic E-state index is 9.55. The van der Waals surface area contributed by atoms with Crippen LogP contribution in [0.3, 0.4) is 0 Å². The van der Waals surface area contributed by atoms with Crippen LogP contribution in [0.25, 0.3) is 0 Å². The third-order valence-electron chi connectivity index (χ3n) is 2.74. The van der Waals surface area contributed by atoms with Crippen LogP contribution >= 0.6 is 15.9 Å². The molecule has 0 aromatic heterocycles. The largest absolute Gasteiger partial charge is 0.457 e. The lowest BCUT2D eigenvalue weighted by Gasteiger charge is -2.11. The van der Waals surface area contributed by atoms with Crippen LogP contribution in [0.1, 0.15) is 24.2 Å². The Morgan fingerprint density at radius 1 is 1.16 bits per heavy atom. The number of hydrogen-bond acceptors (Lipinski definition) is 3. The molecule has 19 heavy (non-hydrogen) atoms. The summed E-state index contributed by atoms with van der Waals surface area (Å²) in [5.74, 6) is 1.34. The van der Waals surface area contributed by atoms with Gasteiger partial charge in [-0.05, 0) is 42.3 Å². The predicted molar refractivity (Wildman–Crippen MR) is 77.2 cm³/mol. The molecule has 2 rings (SSSR count). The smallest absolute Gasteiger partial charge is 0.128 e.